The summed E-state index contributed by atoms with van der Waals surface area (Å²) in [5.41, 5.74) is 0.577. The van der Waals surface area contributed by atoms with E-state index in [1.807, 2.05) is 34.6 Å². The Hall–Kier alpha value is -1.36. The largest absolute Gasteiger partial charge is 0.394 e. The number of aromatic nitrogens is 2. The number of aryl methyl sites for hydroxylation is 1. The predicted octanol–water partition coefficient (Wildman–Crippen LogP) is 1.71. The number of rotatable bonds is 5. The Morgan fingerprint density at radius 3 is 2.29 bits per heavy atom. The molecule has 0 aromatic carbocycles. The first-order chi connectivity index (χ1) is 7.89. The van der Waals surface area contributed by atoms with Gasteiger partial charge in [0.1, 0.15) is 17.5 Å². The SMILES string of the molecule is CCNc1nc(C)nc(NC(C)(C)CO)c1C. The lowest BCUT2D eigenvalue weighted by Gasteiger charge is -2.26. The van der Waals surface area contributed by atoms with E-state index in [1.54, 1.807) is 0 Å². The lowest BCUT2D eigenvalue weighted by atomic mass is 10.1. The normalized spacial score (nSPS) is 11.4. The van der Waals surface area contributed by atoms with Gasteiger partial charge in [0.05, 0.1) is 12.1 Å². The summed E-state index contributed by atoms with van der Waals surface area (Å²) in [6, 6.07) is 0. The van der Waals surface area contributed by atoms with Crippen molar-refractivity contribution < 1.29 is 5.11 Å². The molecule has 0 aliphatic heterocycles. The standard InChI is InChI=1S/C12H22N4O/c1-6-13-10-8(2)11(15-9(3)14-10)16-12(4,5)7-17/h17H,6-7H2,1-5H3,(H2,13,14,15,16). The van der Waals surface area contributed by atoms with Crippen LogP contribution in [0.25, 0.3) is 0 Å². The average molecular weight is 238 g/mol. The maximum Gasteiger partial charge on any atom is 0.135 e. The van der Waals surface area contributed by atoms with Crippen molar-refractivity contribution >= 4 is 11.6 Å². The molecule has 0 fully saturated rings. The highest BCUT2D eigenvalue weighted by Gasteiger charge is 2.19. The summed E-state index contributed by atoms with van der Waals surface area (Å²) in [6.07, 6.45) is 0. The summed E-state index contributed by atoms with van der Waals surface area (Å²) >= 11 is 0. The molecule has 0 aliphatic carbocycles. The van der Waals surface area contributed by atoms with Crippen LogP contribution in [-0.2, 0) is 0 Å². The van der Waals surface area contributed by atoms with Gasteiger partial charge in [-0.15, -0.1) is 0 Å². The van der Waals surface area contributed by atoms with Crippen LogP contribution in [0.4, 0.5) is 11.6 Å². The maximum atomic E-state index is 9.27. The van der Waals surface area contributed by atoms with Crippen molar-refractivity contribution in [3.8, 4) is 0 Å². The Balaban J connectivity index is 3.07. The smallest absolute Gasteiger partial charge is 0.135 e. The second kappa shape index (κ2) is 5.31. The number of aliphatic hydroxyl groups is 1. The molecular weight excluding hydrogens is 216 g/mol. The van der Waals surface area contributed by atoms with Crippen LogP contribution in [0.3, 0.4) is 0 Å². The minimum atomic E-state index is -0.394. The lowest BCUT2D eigenvalue weighted by molar-refractivity contribution is 0.234. The Morgan fingerprint density at radius 2 is 1.76 bits per heavy atom. The van der Waals surface area contributed by atoms with Crippen LogP contribution < -0.4 is 10.6 Å². The van der Waals surface area contributed by atoms with E-state index in [4.69, 9.17) is 0 Å². The Kier molecular flexibility index (Phi) is 4.28. The van der Waals surface area contributed by atoms with Crippen LogP contribution in [0, 0.1) is 13.8 Å². The van der Waals surface area contributed by atoms with Crippen LogP contribution >= 0.6 is 0 Å². The maximum absolute atomic E-state index is 9.27. The van der Waals surface area contributed by atoms with E-state index in [9.17, 15) is 5.11 Å². The first-order valence-corrected chi connectivity index (χ1v) is 5.87. The molecule has 96 valence electrons. The average Bonchev–Trinajstić information content (AvgIpc) is 2.25. The number of nitrogens with zero attached hydrogens (tertiary/aromatic N) is 2. The van der Waals surface area contributed by atoms with Gasteiger partial charge < -0.3 is 15.7 Å². The van der Waals surface area contributed by atoms with Gasteiger partial charge in [-0.05, 0) is 34.6 Å². The van der Waals surface area contributed by atoms with Crippen LogP contribution in [-0.4, -0.2) is 33.8 Å². The molecule has 5 nitrogen and oxygen atoms in total. The molecule has 17 heavy (non-hydrogen) atoms. The highest BCUT2D eigenvalue weighted by molar-refractivity contribution is 5.58. The van der Waals surface area contributed by atoms with E-state index < -0.39 is 5.54 Å². The first-order valence-electron chi connectivity index (χ1n) is 5.87. The van der Waals surface area contributed by atoms with E-state index >= 15 is 0 Å². The van der Waals surface area contributed by atoms with Gasteiger partial charge in [0, 0.05) is 12.1 Å². The molecule has 1 aromatic heterocycles. The van der Waals surface area contributed by atoms with Gasteiger partial charge in [0.15, 0.2) is 0 Å². The van der Waals surface area contributed by atoms with E-state index in [0.717, 1.165) is 23.7 Å². The number of hydrogen-bond acceptors (Lipinski definition) is 5. The molecule has 1 heterocycles. The Labute approximate surface area is 103 Å². The van der Waals surface area contributed by atoms with Gasteiger partial charge in [-0.2, -0.15) is 0 Å². The molecule has 1 rings (SSSR count). The lowest BCUT2D eigenvalue weighted by Crippen LogP contribution is -2.35. The molecule has 0 saturated heterocycles. The molecular formula is C12H22N4O. The van der Waals surface area contributed by atoms with Crippen molar-refractivity contribution in [1.29, 1.82) is 0 Å². The molecule has 0 saturated carbocycles. The topological polar surface area (TPSA) is 70.1 Å². The zero-order valence-electron chi connectivity index (χ0n) is 11.3. The highest BCUT2D eigenvalue weighted by Crippen LogP contribution is 2.22. The molecule has 0 radical (unpaired) electrons. The minimum Gasteiger partial charge on any atom is -0.394 e. The van der Waals surface area contributed by atoms with Gasteiger partial charge in [-0.3, -0.25) is 0 Å². The van der Waals surface area contributed by atoms with E-state index in [1.165, 1.54) is 0 Å². The van der Waals surface area contributed by atoms with Crippen molar-refractivity contribution in [1.82, 2.24) is 9.97 Å². The highest BCUT2D eigenvalue weighted by atomic mass is 16.3. The summed E-state index contributed by atoms with van der Waals surface area (Å²) in [4.78, 5) is 8.73. The number of aliphatic hydroxyl groups excluding tert-OH is 1. The van der Waals surface area contributed by atoms with Crippen LogP contribution in [0.5, 0.6) is 0 Å². The molecule has 0 unspecified atom stereocenters. The first kappa shape index (κ1) is 13.7. The van der Waals surface area contributed by atoms with Crippen molar-refractivity contribution in [3.63, 3.8) is 0 Å². The quantitative estimate of drug-likeness (QED) is 0.728. The second-order valence-corrected chi connectivity index (χ2v) is 4.79. The molecule has 0 spiro atoms. The van der Waals surface area contributed by atoms with Gasteiger partial charge in [-0.1, -0.05) is 0 Å². The Morgan fingerprint density at radius 1 is 1.18 bits per heavy atom. The van der Waals surface area contributed by atoms with Gasteiger partial charge in [0.25, 0.3) is 0 Å². The van der Waals surface area contributed by atoms with Gasteiger partial charge in [-0.25, -0.2) is 9.97 Å². The van der Waals surface area contributed by atoms with Crippen LogP contribution in [0.2, 0.25) is 0 Å². The zero-order valence-corrected chi connectivity index (χ0v) is 11.3. The van der Waals surface area contributed by atoms with E-state index in [-0.39, 0.29) is 6.61 Å². The third-order valence-electron chi connectivity index (χ3n) is 2.45. The van der Waals surface area contributed by atoms with Crippen molar-refractivity contribution in [2.24, 2.45) is 0 Å². The molecule has 0 bridgehead atoms. The Bertz CT molecular complexity index is 390. The summed E-state index contributed by atoms with van der Waals surface area (Å²) in [6.45, 7) is 10.6. The van der Waals surface area contributed by atoms with Crippen molar-refractivity contribution in [2.75, 3.05) is 23.8 Å². The fourth-order valence-electron chi connectivity index (χ4n) is 1.45. The van der Waals surface area contributed by atoms with E-state index in [0.29, 0.717) is 5.82 Å². The second-order valence-electron chi connectivity index (χ2n) is 4.79. The van der Waals surface area contributed by atoms with Crippen LogP contribution in [0.1, 0.15) is 32.2 Å². The minimum absolute atomic E-state index is 0.0476. The van der Waals surface area contributed by atoms with Crippen LogP contribution in [0.15, 0.2) is 0 Å². The summed E-state index contributed by atoms with van der Waals surface area (Å²) in [7, 11) is 0. The molecule has 0 aliphatic rings. The summed E-state index contributed by atoms with van der Waals surface area (Å²) < 4.78 is 0. The molecule has 0 atom stereocenters. The van der Waals surface area contributed by atoms with Gasteiger partial charge >= 0.3 is 0 Å². The number of nitrogens with one attached hydrogen (secondary N) is 2. The fraction of sp³-hybridized carbons (Fsp3) is 0.667. The van der Waals surface area contributed by atoms with Crippen molar-refractivity contribution in [3.05, 3.63) is 11.4 Å². The monoisotopic (exact) mass is 238 g/mol. The third-order valence-corrected chi connectivity index (χ3v) is 2.45. The molecule has 3 N–H and O–H groups in total. The predicted molar refractivity (Wildman–Crippen MR) is 70.5 cm³/mol. The zero-order chi connectivity index (χ0) is 13.1. The molecule has 1 aromatic rings. The molecule has 0 amide bonds. The van der Waals surface area contributed by atoms with E-state index in [2.05, 4.69) is 20.6 Å². The fourth-order valence-corrected chi connectivity index (χ4v) is 1.45. The van der Waals surface area contributed by atoms with Gasteiger partial charge in [0.2, 0.25) is 0 Å². The third kappa shape index (κ3) is 3.56. The van der Waals surface area contributed by atoms with Crippen molar-refractivity contribution in [2.45, 2.75) is 40.2 Å². The number of anilines is 2. The summed E-state index contributed by atoms with van der Waals surface area (Å²) in [5, 5.41) is 15.7. The number of hydrogen-bond donors (Lipinski definition) is 3. The molecule has 5 heteroatoms. The summed E-state index contributed by atoms with van der Waals surface area (Å²) in [5.74, 6) is 2.33.